The van der Waals surface area contributed by atoms with Crippen LogP contribution in [-0.4, -0.2) is 45.2 Å². The molecule has 1 aromatic heterocycles. The molecule has 0 spiro atoms. The fraction of sp³-hybridized carbons (Fsp3) is 0.550. The van der Waals surface area contributed by atoms with Crippen molar-refractivity contribution in [3.63, 3.8) is 0 Å². The lowest BCUT2D eigenvalue weighted by Gasteiger charge is -2.31. The average molecular weight is 355 g/mol. The third-order valence-electron chi connectivity index (χ3n) is 4.76. The zero-order chi connectivity index (χ0) is 18.7. The van der Waals surface area contributed by atoms with Gasteiger partial charge in [-0.25, -0.2) is 9.67 Å². The highest BCUT2D eigenvalue weighted by Gasteiger charge is 2.27. The zero-order valence-corrected chi connectivity index (χ0v) is 16.0. The van der Waals surface area contributed by atoms with Crippen LogP contribution < -0.4 is 5.73 Å². The van der Waals surface area contributed by atoms with Gasteiger partial charge >= 0.3 is 0 Å². The van der Waals surface area contributed by atoms with Gasteiger partial charge in [0.15, 0.2) is 5.82 Å². The molecule has 3 rings (SSSR count). The Bertz CT molecular complexity index is 767. The number of rotatable bonds is 6. The molecule has 1 aliphatic heterocycles. The molecule has 0 bridgehead atoms. The molecular weight excluding hydrogens is 326 g/mol. The number of hydrogen-bond donors (Lipinski definition) is 1. The number of primary amides is 1. The number of aromatic nitrogens is 3. The van der Waals surface area contributed by atoms with Crippen LogP contribution >= 0.6 is 0 Å². The van der Waals surface area contributed by atoms with Gasteiger partial charge in [0.25, 0.3) is 0 Å². The Morgan fingerprint density at radius 2 is 2.19 bits per heavy atom. The molecule has 1 aromatic carbocycles. The molecule has 0 unspecified atom stereocenters. The van der Waals surface area contributed by atoms with E-state index in [2.05, 4.69) is 49.9 Å². The molecule has 6 heteroatoms. The summed E-state index contributed by atoms with van der Waals surface area (Å²) < 4.78 is 2.00. The second kappa shape index (κ2) is 7.99. The first-order valence-electron chi connectivity index (χ1n) is 9.46. The lowest BCUT2D eigenvalue weighted by Crippen LogP contribution is -2.40. The van der Waals surface area contributed by atoms with Gasteiger partial charge < -0.3 is 5.73 Å². The van der Waals surface area contributed by atoms with Crippen LogP contribution in [0.15, 0.2) is 24.3 Å². The number of piperidine rings is 1. The molecule has 2 N–H and O–H groups in total. The zero-order valence-electron chi connectivity index (χ0n) is 16.0. The van der Waals surface area contributed by atoms with Crippen LogP contribution in [0.3, 0.4) is 0 Å². The van der Waals surface area contributed by atoms with Crippen LogP contribution in [0.2, 0.25) is 0 Å². The molecule has 6 nitrogen and oxygen atoms in total. The number of nitrogens with two attached hydrogens (primary N) is 1. The quantitative estimate of drug-likeness (QED) is 0.863. The molecule has 0 aliphatic carbocycles. The Balaban J connectivity index is 1.93. The smallest absolute Gasteiger partial charge is 0.231 e. The lowest BCUT2D eigenvalue weighted by atomic mass is 9.97. The lowest BCUT2D eigenvalue weighted by molar-refractivity contribution is -0.119. The average Bonchev–Trinajstić information content (AvgIpc) is 2.97. The van der Waals surface area contributed by atoms with Gasteiger partial charge in [-0.15, -0.1) is 0 Å². The maximum atomic E-state index is 11.3. The maximum Gasteiger partial charge on any atom is 0.231 e. The van der Waals surface area contributed by atoms with Crippen molar-refractivity contribution in [1.82, 2.24) is 19.7 Å². The number of carbonyl (C=O) groups is 1. The number of amides is 1. The van der Waals surface area contributed by atoms with Crippen molar-refractivity contribution in [3.8, 4) is 5.69 Å². The highest BCUT2D eigenvalue weighted by Crippen LogP contribution is 2.28. The van der Waals surface area contributed by atoms with E-state index in [0.717, 1.165) is 49.7 Å². The summed E-state index contributed by atoms with van der Waals surface area (Å²) in [6, 6.07) is 8.36. The Labute approximate surface area is 155 Å². The number of carbonyl (C=O) groups excluding carboxylic acids is 1. The van der Waals surface area contributed by atoms with Gasteiger partial charge in [-0.1, -0.05) is 26.0 Å². The van der Waals surface area contributed by atoms with Crippen LogP contribution in [-0.2, 0) is 11.2 Å². The fourth-order valence-electron chi connectivity index (χ4n) is 3.66. The number of likely N-dealkylation sites (tertiary alicyclic amines) is 1. The summed E-state index contributed by atoms with van der Waals surface area (Å²) in [5.41, 5.74) is 7.64. The van der Waals surface area contributed by atoms with Crippen LogP contribution in [0.1, 0.15) is 49.8 Å². The SMILES string of the molecule is Cc1cccc(-n2nc(CC(C)C)nc2[C@@H]2CCCN(CC(N)=O)C2)c1. The minimum absolute atomic E-state index is 0.261. The molecule has 0 saturated carbocycles. The van der Waals surface area contributed by atoms with E-state index in [1.807, 2.05) is 4.68 Å². The summed E-state index contributed by atoms with van der Waals surface area (Å²) in [6.07, 6.45) is 2.96. The van der Waals surface area contributed by atoms with Crippen LogP contribution in [0.5, 0.6) is 0 Å². The standard InChI is InChI=1S/C20H29N5O/c1-14(2)10-19-22-20(16-7-5-9-24(12-16)13-18(21)26)25(23-19)17-8-4-6-15(3)11-17/h4,6,8,11,14,16H,5,7,9-10,12-13H2,1-3H3,(H2,21,26)/t16-/m1/s1. The molecule has 2 aromatic rings. The molecule has 2 heterocycles. The Morgan fingerprint density at radius 1 is 1.38 bits per heavy atom. The van der Waals surface area contributed by atoms with Crippen molar-refractivity contribution < 1.29 is 4.79 Å². The van der Waals surface area contributed by atoms with Gasteiger partial charge in [0.05, 0.1) is 12.2 Å². The molecule has 26 heavy (non-hydrogen) atoms. The summed E-state index contributed by atoms with van der Waals surface area (Å²) in [5, 5.41) is 4.82. The Hall–Kier alpha value is -2.21. The van der Waals surface area contributed by atoms with Crippen LogP contribution in [0, 0.1) is 12.8 Å². The highest BCUT2D eigenvalue weighted by molar-refractivity contribution is 5.75. The maximum absolute atomic E-state index is 11.3. The fourth-order valence-corrected chi connectivity index (χ4v) is 3.66. The van der Waals surface area contributed by atoms with E-state index in [4.69, 9.17) is 15.8 Å². The van der Waals surface area contributed by atoms with E-state index < -0.39 is 0 Å². The van der Waals surface area contributed by atoms with Crippen molar-refractivity contribution >= 4 is 5.91 Å². The minimum Gasteiger partial charge on any atom is -0.369 e. The minimum atomic E-state index is -0.272. The van der Waals surface area contributed by atoms with Gasteiger partial charge in [-0.05, 0) is 49.9 Å². The second-order valence-electron chi connectivity index (χ2n) is 7.78. The molecule has 0 radical (unpaired) electrons. The van der Waals surface area contributed by atoms with Gasteiger partial charge in [-0.3, -0.25) is 9.69 Å². The van der Waals surface area contributed by atoms with E-state index in [0.29, 0.717) is 12.5 Å². The Morgan fingerprint density at radius 3 is 2.88 bits per heavy atom. The van der Waals surface area contributed by atoms with Gasteiger partial charge in [-0.2, -0.15) is 5.10 Å². The van der Waals surface area contributed by atoms with Gasteiger partial charge in [0.2, 0.25) is 5.91 Å². The first kappa shape index (κ1) is 18.6. The van der Waals surface area contributed by atoms with E-state index in [1.165, 1.54) is 5.56 Å². The van der Waals surface area contributed by atoms with E-state index in [9.17, 15) is 4.79 Å². The topological polar surface area (TPSA) is 77.0 Å². The summed E-state index contributed by atoms with van der Waals surface area (Å²) >= 11 is 0. The summed E-state index contributed by atoms with van der Waals surface area (Å²) in [6.45, 7) is 8.48. The summed E-state index contributed by atoms with van der Waals surface area (Å²) in [7, 11) is 0. The monoisotopic (exact) mass is 355 g/mol. The molecule has 140 valence electrons. The third kappa shape index (κ3) is 4.49. The molecule has 1 amide bonds. The largest absolute Gasteiger partial charge is 0.369 e. The highest BCUT2D eigenvalue weighted by atomic mass is 16.1. The van der Waals surface area contributed by atoms with E-state index >= 15 is 0 Å². The number of hydrogen-bond acceptors (Lipinski definition) is 4. The molecule has 1 aliphatic rings. The van der Waals surface area contributed by atoms with Crippen molar-refractivity contribution in [2.75, 3.05) is 19.6 Å². The summed E-state index contributed by atoms with van der Waals surface area (Å²) in [5.74, 6) is 2.39. The number of nitrogens with zero attached hydrogens (tertiary/aromatic N) is 4. The molecule has 1 saturated heterocycles. The van der Waals surface area contributed by atoms with Crippen LogP contribution in [0.4, 0.5) is 0 Å². The number of aryl methyl sites for hydroxylation is 1. The summed E-state index contributed by atoms with van der Waals surface area (Å²) in [4.78, 5) is 18.3. The van der Waals surface area contributed by atoms with Crippen molar-refractivity contribution in [1.29, 1.82) is 0 Å². The normalized spacial score (nSPS) is 18.4. The van der Waals surface area contributed by atoms with Crippen LogP contribution in [0.25, 0.3) is 5.69 Å². The van der Waals surface area contributed by atoms with E-state index in [-0.39, 0.29) is 11.8 Å². The number of benzene rings is 1. The first-order chi connectivity index (χ1) is 12.4. The molecule has 1 atom stereocenters. The molecular formula is C20H29N5O. The predicted octanol–water partition coefficient (Wildman–Crippen LogP) is 2.44. The Kier molecular flexibility index (Phi) is 5.71. The van der Waals surface area contributed by atoms with Gasteiger partial charge in [0.1, 0.15) is 5.82 Å². The predicted molar refractivity (Wildman–Crippen MR) is 102 cm³/mol. The third-order valence-corrected chi connectivity index (χ3v) is 4.76. The van der Waals surface area contributed by atoms with E-state index in [1.54, 1.807) is 0 Å². The van der Waals surface area contributed by atoms with Crippen molar-refractivity contribution in [2.45, 2.75) is 46.0 Å². The first-order valence-corrected chi connectivity index (χ1v) is 9.46. The molecule has 1 fully saturated rings. The van der Waals surface area contributed by atoms with Crippen molar-refractivity contribution in [3.05, 3.63) is 41.5 Å². The van der Waals surface area contributed by atoms with Gasteiger partial charge in [0, 0.05) is 18.9 Å². The van der Waals surface area contributed by atoms with Crippen molar-refractivity contribution in [2.24, 2.45) is 11.7 Å². The second-order valence-corrected chi connectivity index (χ2v) is 7.78.